The lowest BCUT2D eigenvalue weighted by atomic mass is 10.1. The molecule has 2 heterocycles. The number of nitrogens with zero attached hydrogens (tertiary/aromatic N) is 1. The monoisotopic (exact) mass is 325 g/mol. The summed E-state index contributed by atoms with van der Waals surface area (Å²) in [4.78, 5) is 13.9. The van der Waals surface area contributed by atoms with Crippen LogP contribution in [-0.2, 0) is 9.53 Å². The van der Waals surface area contributed by atoms with Crippen LogP contribution in [0.15, 0.2) is 22.7 Å². The van der Waals surface area contributed by atoms with E-state index in [9.17, 15) is 4.79 Å². The van der Waals surface area contributed by atoms with E-state index < -0.39 is 0 Å². The average molecular weight is 326 g/mol. The predicted molar refractivity (Wildman–Crippen MR) is 77.6 cm³/mol. The van der Waals surface area contributed by atoms with Gasteiger partial charge in [-0.1, -0.05) is 15.9 Å². The average Bonchev–Trinajstić information content (AvgIpc) is 2.43. The van der Waals surface area contributed by atoms with Crippen molar-refractivity contribution in [2.75, 3.05) is 43.0 Å². The molecule has 3 rings (SSSR count). The highest BCUT2D eigenvalue weighted by molar-refractivity contribution is 9.10. The second-order valence-electron chi connectivity index (χ2n) is 4.72. The lowest BCUT2D eigenvalue weighted by molar-refractivity contribution is -0.117. The number of morpholine rings is 1. The number of halogens is 1. The fourth-order valence-electron chi connectivity index (χ4n) is 2.43. The van der Waals surface area contributed by atoms with Crippen molar-refractivity contribution in [3.8, 4) is 0 Å². The number of carbonyl (C=O) groups excluding carboxylic acids is 1. The van der Waals surface area contributed by atoms with Crippen LogP contribution >= 0.6 is 15.9 Å². The van der Waals surface area contributed by atoms with E-state index in [0.717, 1.165) is 28.9 Å². The molecule has 0 spiro atoms. The topological polar surface area (TPSA) is 53.6 Å². The molecule has 1 aromatic rings. The fourth-order valence-corrected chi connectivity index (χ4v) is 2.79. The van der Waals surface area contributed by atoms with Gasteiger partial charge < -0.3 is 20.3 Å². The molecule has 0 radical (unpaired) electrons. The van der Waals surface area contributed by atoms with Gasteiger partial charge in [-0.2, -0.15) is 0 Å². The lowest BCUT2D eigenvalue weighted by Crippen LogP contribution is -2.49. The zero-order chi connectivity index (χ0) is 13.2. The highest BCUT2D eigenvalue weighted by Crippen LogP contribution is 2.32. The highest BCUT2D eigenvalue weighted by atomic mass is 79.9. The number of benzene rings is 1. The molecule has 1 aromatic carbocycles. The quantitative estimate of drug-likeness (QED) is 0.857. The molecule has 2 aliphatic rings. The van der Waals surface area contributed by atoms with Crippen LogP contribution in [0.1, 0.15) is 0 Å². The summed E-state index contributed by atoms with van der Waals surface area (Å²) in [7, 11) is 0. The van der Waals surface area contributed by atoms with Crippen molar-refractivity contribution < 1.29 is 9.53 Å². The Morgan fingerprint density at radius 3 is 3.16 bits per heavy atom. The largest absolute Gasteiger partial charge is 0.374 e. The Balaban J connectivity index is 1.82. The normalized spacial score (nSPS) is 22.9. The van der Waals surface area contributed by atoms with Gasteiger partial charge >= 0.3 is 0 Å². The fraction of sp³-hybridized carbons (Fsp3) is 0.462. The maximum atomic E-state index is 12.1. The molecule has 6 heteroatoms. The summed E-state index contributed by atoms with van der Waals surface area (Å²) >= 11 is 3.45. The van der Waals surface area contributed by atoms with Crippen molar-refractivity contribution in [3.63, 3.8) is 0 Å². The van der Waals surface area contributed by atoms with E-state index in [2.05, 4.69) is 26.6 Å². The molecule has 2 N–H and O–H groups in total. The summed E-state index contributed by atoms with van der Waals surface area (Å²) in [5.74, 6) is 0.0870. The van der Waals surface area contributed by atoms with Crippen LogP contribution in [-0.4, -0.2) is 44.8 Å². The summed E-state index contributed by atoms with van der Waals surface area (Å²) < 4.78 is 6.69. The van der Waals surface area contributed by atoms with Gasteiger partial charge in [0.1, 0.15) is 0 Å². The Labute approximate surface area is 120 Å². The molecular formula is C13H16BrN3O2. The summed E-state index contributed by atoms with van der Waals surface area (Å²) in [6.45, 7) is 3.32. The SMILES string of the molecule is O=C1CNc2cc(Br)ccc2N1CC1CNCCO1. The van der Waals surface area contributed by atoms with E-state index >= 15 is 0 Å². The van der Waals surface area contributed by atoms with E-state index in [0.29, 0.717) is 19.7 Å². The van der Waals surface area contributed by atoms with Crippen molar-refractivity contribution in [3.05, 3.63) is 22.7 Å². The van der Waals surface area contributed by atoms with E-state index in [1.807, 2.05) is 23.1 Å². The molecule has 0 aromatic heterocycles. The number of amides is 1. The molecular weight excluding hydrogens is 310 g/mol. The zero-order valence-electron chi connectivity index (χ0n) is 10.5. The van der Waals surface area contributed by atoms with Crippen LogP contribution < -0.4 is 15.5 Å². The van der Waals surface area contributed by atoms with E-state index in [1.165, 1.54) is 0 Å². The maximum absolute atomic E-state index is 12.1. The molecule has 1 amide bonds. The number of hydrogen-bond donors (Lipinski definition) is 2. The second kappa shape index (κ2) is 5.48. The molecule has 102 valence electrons. The molecule has 5 nitrogen and oxygen atoms in total. The Morgan fingerprint density at radius 2 is 2.37 bits per heavy atom. The number of hydrogen-bond acceptors (Lipinski definition) is 4. The molecule has 1 atom stereocenters. The molecule has 1 unspecified atom stereocenters. The van der Waals surface area contributed by atoms with Gasteiger partial charge in [0.15, 0.2) is 0 Å². The smallest absolute Gasteiger partial charge is 0.246 e. The second-order valence-corrected chi connectivity index (χ2v) is 5.63. The first kappa shape index (κ1) is 12.9. The third kappa shape index (κ3) is 2.75. The maximum Gasteiger partial charge on any atom is 0.246 e. The third-order valence-corrected chi connectivity index (χ3v) is 3.86. The Kier molecular flexibility index (Phi) is 3.72. The van der Waals surface area contributed by atoms with Crippen molar-refractivity contribution in [2.24, 2.45) is 0 Å². The van der Waals surface area contributed by atoms with Gasteiger partial charge in [-0.3, -0.25) is 4.79 Å². The molecule has 1 fully saturated rings. The van der Waals surface area contributed by atoms with Gasteiger partial charge in [0, 0.05) is 17.6 Å². The van der Waals surface area contributed by atoms with Gasteiger partial charge in [0.05, 0.1) is 37.2 Å². The number of anilines is 2. The van der Waals surface area contributed by atoms with E-state index in [4.69, 9.17) is 4.74 Å². The van der Waals surface area contributed by atoms with Crippen molar-refractivity contribution >= 4 is 33.2 Å². The summed E-state index contributed by atoms with van der Waals surface area (Å²) in [5, 5.41) is 6.43. The van der Waals surface area contributed by atoms with Crippen LogP contribution in [0, 0.1) is 0 Å². The molecule has 0 bridgehead atoms. The van der Waals surface area contributed by atoms with Gasteiger partial charge in [0.25, 0.3) is 0 Å². The standard InChI is InChI=1S/C13H16BrN3O2/c14-9-1-2-12-11(5-9)16-7-13(18)17(12)8-10-6-15-3-4-19-10/h1-2,5,10,15-16H,3-4,6-8H2. The van der Waals surface area contributed by atoms with Gasteiger partial charge in [-0.15, -0.1) is 0 Å². The number of ether oxygens (including phenoxy) is 1. The molecule has 2 aliphatic heterocycles. The van der Waals surface area contributed by atoms with E-state index in [1.54, 1.807) is 0 Å². The molecule has 0 aliphatic carbocycles. The molecule has 1 saturated heterocycles. The molecule has 19 heavy (non-hydrogen) atoms. The van der Waals surface area contributed by atoms with Crippen molar-refractivity contribution in [1.82, 2.24) is 5.32 Å². The number of carbonyl (C=O) groups is 1. The first-order valence-corrected chi connectivity index (χ1v) is 7.19. The third-order valence-electron chi connectivity index (χ3n) is 3.37. The summed E-state index contributed by atoms with van der Waals surface area (Å²) in [6.07, 6.45) is 0.0623. The minimum absolute atomic E-state index is 0.0623. The predicted octanol–water partition coefficient (Wildman–Crippen LogP) is 1.20. The van der Waals surface area contributed by atoms with Gasteiger partial charge in [-0.25, -0.2) is 0 Å². The highest BCUT2D eigenvalue weighted by Gasteiger charge is 2.27. The minimum atomic E-state index is 0.0623. The van der Waals surface area contributed by atoms with Crippen molar-refractivity contribution in [2.45, 2.75) is 6.10 Å². The van der Waals surface area contributed by atoms with Crippen molar-refractivity contribution in [1.29, 1.82) is 0 Å². The Hall–Kier alpha value is -1.11. The van der Waals surface area contributed by atoms with Gasteiger partial charge in [-0.05, 0) is 18.2 Å². The summed E-state index contributed by atoms with van der Waals surface area (Å²) in [6, 6.07) is 5.90. The number of rotatable bonds is 2. The molecule has 0 saturated carbocycles. The zero-order valence-corrected chi connectivity index (χ0v) is 12.1. The van der Waals surface area contributed by atoms with Crippen LogP contribution in [0.3, 0.4) is 0 Å². The van der Waals surface area contributed by atoms with E-state index in [-0.39, 0.29) is 12.0 Å². The van der Waals surface area contributed by atoms with Crippen LogP contribution in [0.2, 0.25) is 0 Å². The lowest BCUT2D eigenvalue weighted by Gasteiger charge is -2.34. The Bertz CT molecular complexity index is 489. The van der Waals surface area contributed by atoms with Crippen LogP contribution in [0.5, 0.6) is 0 Å². The van der Waals surface area contributed by atoms with Crippen LogP contribution in [0.4, 0.5) is 11.4 Å². The summed E-state index contributed by atoms with van der Waals surface area (Å²) in [5.41, 5.74) is 1.91. The van der Waals surface area contributed by atoms with Gasteiger partial charge in [0.2, 0.25) is 5.91 Å². The first-order valence-electron chi connectivity index (χ1n) is 6.40. The first-order chi connectivity index (χ1) is 9.24. The number of nitrogens with one attached hydrogen (secondary N) is 2. The Morgan fingerprint density at radius 1 is 1.47 bits per heavy atom. The number of fused-ring (bicyclic) bond motifs is 1. The minimum Gasteiger partial charge on any atom is -0.374 e. The van der Waals surface area contributed by atoms with Crippen LogP contribution in [0.25, 0.3) is 0 Å².